The van der Waals surface area contributed by atoms with Gasteiger partial charge in [0.1, 0.15) is 30.5 Å². The first kappa shape index (κ1) is 50.1. The Hall–Kier alpha value is -0.940. The van der Waals surface area contributed by atoms with E-state index >= 15 is 0 Å². The number of aliphatic hydroxyl groups is 5. The third-order valence-electron chi connectivity index (χ3n) is 10.3. The minimum atomic E-state index is -5.10. The average Bonchev–Trinajstić information content (AvgIpc) is 3.12. The molecule has 0 aromatic heterocycles. The maximum atomic E-state index is 13.0. The van der Waals surface area contributed by atoms with Crippen LogP contribution in [0.3, 0.4) is 0 Å². The van der Waals surface area contributed by atoms with Crippen molar-refractivity contribution in [3.05, 3.63) is 0 Å². The highest BCUT2D eigenvalue weighted by atomic mass is 32.3. The minimum Gasteiger partial charge on any atom is -0.394 e. The lowest BCUT2D eigenvalue weighted by Crippen LogP contribution is -2.61. The monoisotopic (exact) mass is 784 g/mol. The van der Waals surface area contributed by atoms with Crippen LogP contribution in [0.4, 0.5) is 0 Å². The summed E-state index contributed by atoms with van der Waals surface area (Å²) < 4.78 is 47.2. The molecule has 14 heteroatoms. The summed E-state index contributed by atoms with van der Waals surface area (Å²) >= 11 is 0. The second kappa shape index (κ2) is 31.2. The molecular weight excluding hydrogens is 706 g/mol. The van der Waals surface area contributed by atoms with E-state index in [9.17, 15) is 38.7 Å². The smallest absolute Gasteiger partial charge is 0.394 e. The lowest BCUT2D eigenvalue weighted by Gasteiger charge is -2.41. The second-order valence-corrected chi connectivity index (χ2v) is 16.1. The van der Waals surface area contributed by atoms with Gasteiger partial charge in [0.05, 0.1) is 25.4 Å². The predicted octanol–water partition coefficient (Wildman–Crippen LogP) is 6.02. The highest BCUT2D eigenvalue weighted by Crippen LogP contribution is 2.26. The molecule has 1 aliphatic heterocycles. The lowest BCUT2D eigenvalue weighted by molar-refractivity contribution is -0.298. The fourth-order valence-corrected chi connectivity index (χ4v) is 7.39. The number of ether oxygens (including phenoxy) is 2. The van der Waals surface area contributed by atoms with Gasteiger partial charge in [-0.2, -0.15) is 8.42 Å². The first-order valence-corrected chi connectivity index (χ1v) is 22.4. The van der Waals surface area contributed by atoms with Crippen molar-refractivity contribution >= 4 is 16.3 Å². The third-order valence-corrected chi connectivity index (χ3v) is 10.7. The molecule has 316 valence electrons. The van der Waals surface area contributed by atoms with Crippen molar-refractivity contribution in [2.24, 2.45) is 0 Å². The SMILES string of the molecule is CCCCCCCCCCCCCCCCCCCCC(O)C(=O)NC(COC1OC(CO)C(O)C(OS(=O)(=O)O)C1O)C(O)CCCCCCCC. The molecule has 0 radical (unpaired) electrons. The molecule has 0 aromatic rings. The number of unbranched alkanes of at least 4 members (excludes halogenated alkanes) is 22. The van der Waals surface area contributed by atoms with Crippen LogP contribution in [0, 0.1) is 0 Å². The second-order valence-electron chi connectivity index (χ2n) is 15.1. The largest absolute Gasteiger partial charge is 0.397 e. The Morgan fingerprint density at radius 1 is 0.679 bits per heavy atom. The molecular formula is C39H77NO12S. The average molecular weight is 784 g/mol. The van der Waals surface area contributed by atoms with Gasteiger partial charge in [0.15, 0.2) is 6.29 Å². The number of carbonyl (C=O) groups excluding carboxylic acids is 1. The van der Waals surface area contributed by atoms with Crippen LogP contribution in [0.15, 0.2) is 0 Å². The molecule has 0 aromatic carbocycles. The minimum absolute atomic E-state index is 0.265. The van der Waals surface area contributed by atoms with Gasteiger partial charge in [-0.1, -0.05) is 168 Å². The van der Waals surface area contributed by atoms with Crippen LogP contribution in [0.25, 0.3) is 0 Å². The van der Waals surface area contributed by atoms with Gasteiger partial charge in [0, 0.05) is 0 Å². The van der Waals surface area contributed by atoms with Gasteiger partial charge in [0.25, 0.3) is 0 Å². The molecule has 53 heavy (non-hydrogen) atoms. The summed E-state index contributed by atoms with van der Waals surface area (Å²) in [6.07, 6.45) is 17.8. The van der Waals surface area contributed by atoms with E-state index in [0.717, 1.165) is 51.4 Å². The van der Waals surface area contributed by atoms with E-state index in [1.807, 2.05) is 0 Å². The standard InChI is InChI=1S/C39H77NO12S/c1-3-5-7-9-11-12-13-14-15-16-17-18-19-20-21-22-24-26-28-33(43)38(46)40-31(32(42)27-25-23-10-8-6-4-2)30-50-39-36(45)37(52-53(47,48)49)35(44)34(29-41)51-39/h31-37,39,41-45H,3-30H2,1-2H3,(H,40,46)(H,47,48,49). The summed E-state index contributed by atoms with van der Waals surface area (Å²) in [6.45, 7) is 3.18. The van der Waals surface area contributed by atoms with Gasteiger partial charge in [-0.05, 0) is 12.8 Å². The van der Waals surface area contributed by atoms with Crippen LogP contribution >= 0.6 is 0 Å². The maximum Gasteiger partial charge on any atom is 0.397 e. The first-order chi connectivity index (χ1) is 25.4. The molecule has 1 heterocycles. The topological polar surface area (TPSA) is 212 Å². The van der Waals surface area contributed by atoms with Gasteiger partial charge in [-0.15, -0.1) is 0 Å². The number of hydrogen-bond donors (Lipinski definition) is 7. The summed E-state index contributed by atoms with van der Waals surface area (Å²) in [5.74, 6) is -0.672. The van der Waals surface area contributed by atoms with E-state index in [1.54, 1.807) is 0 Å². The normalized spacial score (nSPS) is 22.5. The van der Waals surface area contributed by atoms with Crippen molar-refractivity contribution in [2.45, 2.75) is 230 Å². The number of carbonyl (C=O) groups is 1. The molecule has 8 unspecified atom stereocenters. The van der Waals surface area contributed by atoms with Crippen LogP contribution in [0.1, 0.15) is 181 Å². The van der Waals surface area contributed by atoms with E-state index in [1.165, 1.54) is 89.9 Å². The molecule has 1 saturated heterocycles. The van der Waals surface area contributed by atoms with E-state index in [2.05, 4.69) is 23.3 Å². The molecule has 7 N–H and O–H groups in total. The zero-order valence-electron chi connectivity index (χ0n) is 33.0. The predicted molar refractivity (Wildman–Crippen MR) is 205 cm³/mol. The van der Waals surface area contributed by atoms with Crippen molar-refractivity contribution in [3.8, 4) is 0 Å². The van der Waals surface area contributed by atoms with Gasteiger partial charge < -0.3 is 40.3 Å². The number of amides is 1. The fraction of sp³-hybridized carbons (Fsp3) is 0.974. The van der Waals surface area contributed by atoms with E-state index < -0.39 is 78.5 Å². The van der Waals surface area contributed by atoms with E-state index in [4.69, 9.17) is 14.0 Å². The van der Waals surface area contributed by atoms with Crippen molar-refractivity contribution in [1.29, 1.82) is 0 Å². The van der Waals surface area contributed by atoms with E-state index in [0.29, 0.717) is 19.3 Å². The molecule has 1 fully saturated rings. The van der Waals surface area contributed by atoms with Gasteiger partial charge in [-0.3, -0.25) is 9.35 Å². The highest BCUT2D eigenvalue weighted by Gasteiger charge is 2.48. The maximum absolute atomic E-state index is 13.0. The Balaban J connectivity index is 2.46. The molecule has 0 spiro atoms. The highest BCUT2D eigenvalue weighted by molar-refractivity contribution is 7.80. The van der Waals surface area contributed by atoms with Crippen molar-refractivity contribution in [1.82, 2.24) is 5.32 Å². The van der Waals surface area contributed by atoms with Crippen LogP contribution in [0.2, 0.25) is 0 Å². The fourth-order valence-electron chi connectivity index (χ4n) is 6.88. The summed E-state index contributed by atoms with van der Waals surface area (Å²) in [6, 6.07) is -1.02. The van der Waals surface area contributed by atoms with Crippen LogP contribution in [0.5, 0.6) is 0 Å². The molecule has 0 saturated carbocycles. The molecule has 1 aliphatic rings. The van der Waals surface area contributed by atoms with Gasteiger partial charge >= 0.3 is 10.4 Å². The Morgan fingerprint density at radius 2 is 1.09 bits per heavy atom. The van der Waals surface area contributed by atoms with Crippen molar-refractivity contribution in [2.75, 3.05) is 13.2 Å². The van der Waals surface area contributed by atoms with Crippen LogP contribution < -0.4 is 5.32 Å². The Bertz CT molecular complexity index is 990. The summed E-state index contributed by atoms with van der Waals surface area (Å²) in [4.78, 5) is 13.0. The van der Waals surface area contributed by atoms with Crippen LogP contribution in [-0.2, 0) is 28.9 Å². The van der Waals surface area contributed by atoms with E-state index in [-0.39, 0.29) is 6.42 Å². The first-order valence-electron chi connectivity index (χ1n) is 21.0. The molecule has 0 aliphatic carbocycles. The molecule has 13 nitrogen and oxygen atoms in total. The zero-order chi connectivity index (χ0) is 39.3. The summed E-state index contributed by atoms with van der Waals surface area (Å²) in [7, 11) is -5.10. The van der Waals surface area contributed by atoms with Crippen molar-refractivity contribution in [3.63, 3.8) is 0 Å². The molecule has 0 bridgehead atoms. The number of rotatable bonds is 35. The Morgan fingerprint density at radius 3 is 1.51 bits per heavy atom. The van der Waals surface area contributed by atoms with Crippen LogP contribution in [-0.4, -0.2) is 107 Å². The van der Waals surface area contributed by atoms with Gasteiger partial charge in [-0.25, -0.2) is 4.18 Å². The Labute approximate surface area is 320 Å². The number of aliphatic hydroxyl groups excluding tert-OH is 5. The lowest BCUT2D eigenvalue weighted by atomic mass is 9.99. The molecule has 1 amide bonds. The Kier molecular flexibility index (Phi) is 29.5. The number of nitrogens with one attached hydrogen (secondary N) is 1. The molecule has 1 rings (SSSR count). The molecule has 8 atom stereocenters. The third kappa shape index (κ3) is 24.3. The number of hydrogen-bond acceptors (Lipinski definition) is 11. The van der Waals surface area contributed by atoms with Crippen molar-refractivity contribution < 1.29 is 57.0 Å². The summed E-state index contributed by atoms with van der Waals surface area (Å²) in [5, 5.41) is 54.8. The summed E-state index contributed by atoms with van der Waals surface area (Å²) in [5.41, 5.74) is 0. The van der Waals surface area contributed by atoms with Gasteiger partial charge in [0.2, 0.25) is 5.91 Å². The zero-order valence-corrected chi connectivity index (χ0v) is 33.8. The quantitative estimate of drug-likeness (QED) is 0.0291.